The molecule has 160 valence electrons. The molecule has 1 fully saturated rings. The average molecular weight is 422 g/mol. The maximum Gasteiger partial charge on any atom is 0.416 e. The maximum absolute atomic E-state index is 13.2. The predicted molar refractivity (Wildman–Crippen MR) is 104 cm³/mol. The Hall–Kier alpha value is -3.07. The fourth-order valence-electron chi connectivity index (χ4n) is 3.19. The van der Waals surface area contributed by atoms with Crippen molar-refractivity contribution >= 4 is 23.4 Å². The quantitative estimate of drug-likeness (QED) is 0.638. The number of benzene rings is 2. The third kappa shape index (κ3) is 5.50. The molecule has 0 spiro atoms. The topological polar surface area (TPSA) is 76.7 Å². The Morgan fingerprint density at radius 1 is 1.03 bits per heavy atom. The SMILES string of the molecule is COCCOC(=O)Nc1cccc(NC(=O)C2CC2c2ccccc2C(F)(F)F)c1. The molecule has 0 heterocycles. The summed E-state index contributed by atoms with van der Waals surface area (Å²) < 4.78 is 49.3. The van der Waals surface area contributed by atoms with Crippen LogP contribution in [0.2, 0.25) is 0 Å². The third-order valence-electron chi connectivity index (χ3n) is 4.69. The van der Waals surface area contributed by atoms with Gasteiger partial charge in [-0.25, -0.2) is 4.79 Å². The minimum atomic E-state index is -4.46. The largest absolute Gasteiger partial charge is 0.447 e. The van der Waals surface area contributed by atoms with E-state index in [0.717, 1.165) is 6.07 Å². The highest BCUT2D eigenvalue weighted by atomic mass is 19.4. The number of nitrogens with one attached hydrogen (secondary N) is 2. The molecule has 6 nitrogen and oxygen atoms in total. The van der Waals surface area contributed by atoms with Gasteiger partial charge in [-0.3, -0.25) is 10.1 Å². The fourth-order valence-corrected chi connectivity index (χ4v) is 3.19. The lowest BCUT2D eigenvalue weighted by Gasteiger charge is -2.12. The fraction of sp³-hybridized carbons (Fsp3) is 0.333. The van der Waals surface area contributed by atoms with Gasteiger partial charge in [0, 0.05) is 24.4 Å². The number of carbonyl (C=O) groups excluding carboxylic acids is 2. The second-order valence-corrected chi connectivity index (χ2v) is 6.86. The van der Waals surface area contributed by atoms with Crippen molar-refractivity contribution in [2.75, 3.05) is 31.0 Å². The first kappa shape index (κ1) is 21.6. The first-order chi connectivity index (χ1) is 14.3. The number of ether oxygens (including phenoxy) is 2. The highest BCUT2D eigenvalue weighted by Crippen LogP contribution is 2.51. The van der Waals surface area contributed by atoms with E-state index in [1.165, 1.54) is 25.3 Å². The molecule has 0 saturated heterocycles. The Morgan fingerprint density at radius 2 is 1.73 bits per heavy atom. The van der Waals surface area contributed by atoms with Gasteiger partial charge in [0.15, 0.2) is 0 Å². The van der Waals surface area contributed by atoms with E-state index in [1.807, 2.05) is 0 Å². The van der Waals surface area contributed by atoms with Crippen molar-refractivity contribution in [1.29, 1.82) is 0 Å². The number of alkyl halides is 3. The van der Waals surface area contributed by atoms with Crippen LogP contribution in [-0.4, -0.2) is 32.3 Å². The van der Waals surface area contributed by atoms with E-state index >= 15 is 0 Å². The highest BCUT2D eigenvalue weighted by Gasteiger charge is 2.47. The van der Waals surface area contributed by atoms with Gasteiger partial charge in [0.05, 0.1) is 12.2 Å². The summed E-state index contributed by atoms with van der Waals surface area (Å²) in [4.78, 5) is 24.2. The van der Waals surface area contributed by atoms with Gasteiger partial charge in [0.1, 0.15) is 6.61 Å². The Kier molecular flexibility index (Phi) is 6.61. The van der Waals surface area contributed by atoms with E-state index in [0.29, 0.717) is 17.8 Å². The van der Waals surface area contributed by atoms with Crippen molar-refractivity contribution in [3.63, 3.8) is 0 Å². The lowest BCUT2D eigenvalue weighted by Crippen LogP contribution is -2.17. The summed E-state index contributed by atoms with van der Waals surface area (Å²) in [7, 11) is 1.49. The van der Waals surface area contributed by atoms with Crippen molar-refractivity contribution in [2.45, 2.75) is 18.5 Å². The number of anilines is 2. The number of amides is 2. The van der Waals surface area contributed by atoms with Gasteiger partial charge < -0.3 is 14.8 Å². The standard InChI is InChI=1S/C21H21F3N2O4/c1-29-9-10-30-20(28)26-14-6-4-5-13(11-14)25-19(27)17-12-16(17)15-7-2-3-8-18(15)21(22,23)24/h2-8,11,16-17H,9-10,12H2,1H3,(H,25,27)(H,26,28). The van der Waals surface area contributed by atoms with Crippen LogP contribution < -0.4 is 10.6 Å². The Balaban J connectivity index is 1.60. The van der Waals surface area contributed by atoms with Crippen LogP contribution >= 0.6 is 0 Å². The van der Waals surface area contributed by atoms with Crippen LogP contribution in [0.15, 0.2) is 48.5 Å². The Bertz CT molecular complexity index is 917. The maximum atomic E-state index is 13.2. The van der Waals surface area contributed by atoms with Crippen molar-refractivity contribution in [3.8, 4) is 0 Å². The van der Waals surface area contributed by atoms with E-state index < -0.39 is 29.7 Å². The van der Waals surface area contributed by atoms with E-state index in [4.69, 9.17) is 9.47 Å². The van der Waals surface area contributed by atoms with Gasteiger partial charge in [-0.2, -0.15) is 13.2 Å². The summed E-state index contributed by atoms with van der Waals surface area (Å²) in [5.41, 5.74) is 0.261. The number of hydrogen-bond acceptors (Lipinski definition) is 4. The second kappa shape index (κ2) is 9.17. The van der Waals surface area contributed by atoms with Gasteiger partial charge in [0.2, 0.25) is 5.91 Å². The molecule has 0 bridgehead atoms. The molecule has 0 radical (unpaired) electrons. The second-order valence-electron chi connectivity index (χ2n) is 6.86. The van der Waals surface area contributed by atoms with Crippen LogP contribution in [0, 0.1) is 5.92 Å². The number of rotatable bonds is 7. The van der Waals surface area contributed by atoms with Gasteiger partial charge >= 0.3 is 12.3 Å². The summed E-state index contributed by atoms with van der Waals surface area (Å²) in [6, 6.07) is 11.7. The molecule has 0 aliphatic heterocycles. The molecule has 9 heteroatoms. The van der Waals surface area contributed by atoms with Crippen LogP contribution in [0.4, 0.5) is 29.3 Å². The first-order valence-corrected chi connectivity index (χ1v) is 9.29. The smallest absolute Gasteiger partial charge is 0.416 e. The molecular formula is C21H21F3N2O4. The molecule has 1 aliphatic rings. The molecule has 2 amide bonds. The van der Waals surface area contributed by atoms with Crippen LogP contribution in [-0.2, 0) is 20.4 Å². The minimum absolute atomic E-state index is 0.0984. The number of carbonyl (C=O) groups is 2. The summed E-state index contributed by atoms with van der Waals surface area (Å²) >= 11 is 0. The van der Waals surface area contributed by atoms with Crippen molar-refractivity contribution in [2.24, 2.45) is 5.92 Å². The molecule has 2 aromatic rings. The van der Waals surface area contributed by atoms with E-state index in [-0.39, 0.29) is 24.7 Å². The summed E-state index contributed by atoms with van der Waals surface area (Å²) in [6.45, 7) is 0.366. The minimum Gasteiger partial charge on any atom is -0.447 e. The zero-order valence-corrected chi connectivity index (χ0v) is 16.2. The van der Waals surface area contributed by atoms with Gasteiger partial charge in [-0.05, 0) is 42.2 Å². The lowest BCUT2D eigenvalue weighted by atomic mass is 10.0. The number of hydrogen-bond donors (Lipinski definition) is 2. The average Bonchev–Trinajstić information content (AvgIpc) is 3.49. The first-order valence-electron chi connectivity index (χ1n) is 9.29. The molecule has 2 unspecified atom stereocenters. The molecule has 1 saturated carbocycles. The Morgan fingerprint density at radius 3 is 2.43 bits per heavy atom. The molecule has 2 atom stereocenters. The van der Waals surface area contributed by atoms with Crippen molar-refractivity contribution in [3.05, 3.63) is 59.7 Å². The summed E-state index contributed by atoms with van der Waals surface area (Å²) in [6.07, 6.45) is -4.78. The van der Waals surface area contributed by atoms with Crippen LogP contribution in [0.1, 0.15) is 23.5 Å². The molecule has 30 heavy (non-hydrogen) atoms. The van der Waals surface area contributed by atoms with Gasteiger partial charge in [-0.15, -0.1) is 0 Å². The zero-order valence-electron chi connectivity index (χ0n) is 16.2. The monoisotopic (exact) mass is 422 g/mol. The third-order valence-corrected chi connectivity index (χ3v) is 4.69. The zero-order chi connectivity index (χ0) is 21.7. The number of methoxy groups -OCH3 is 1. The predicted octanol–water partition coefficient (Wildman–Crippen LogP) is 4.64. The van der Waals surface area contributed by atoms with Crippen molar-refractivity contribution < 1.29 is 32.2 Å². The normalized spacial score (nSPS) is 17.9. The molecule has 1 aliphatic carbocycles. The van der Waals surface area contributed by atoms with Crippen LogP contribution in [0.3, 0.4) is 0 Å². The summed E-state index contributed by atoms with van der Waals surface area (Å²) in [5.74, 6) is -1.37. The van der Waals surface area contributed by atoms with E-state index in [1.54, 1.807) is 24.3 Å². The highest BCUT2D eigenvalue weighted by molar-refractivity contribution is 5.96. The summed E-state index contributed by atoms with van der Waals surface area (Å²) in [5, 5.41) is 5.22. The van der Waals surface area contributed by atoms with Gasteiger partial charge in [0.25, 0.3) is 0 Å². The molecule has 2 N–H and O–H groups in total. The number of halogens is 3. The van der Waals surface area contributed by atoms with Crippen LogP contribution in [0.5, 0.6) is 0 Å². The van der Waals surface area contributed by atoms with Gasteiger partial charge in [-0.1, -0.05) is 24.3 Å². The molecular weight excluding hydrogens is 401 g/mol. The molecule has 3 rings (SSSR count). The lowest BCUT2D eigenvalue weighted by molar-refractivity contribution is -0.138. The van der Waals surface area contributed by atoms with Crippen molar-refractivity contribution in [1.82, 2.24) is 0 Å². The van der Waals surface area contributed by atoms with E-state index in [2.05, 4.69) is 10.6 Å². The van der Waals surface area contributed by atoms with Crippen LogP contribution in [0.25, 0.3) is 0 Å². The molecule has 0 aromatic heterocycles. The molecule has 2 aromatic carbocycles. The Labute approximate surface area is 171 Å². The van der Waals surface area contributed by atoms with E-state index in [9.17, 15) is 22.8 Å².